The van der Waals surface area contributed by atoms with Crippen molar-refractivity contribution in [1.82, 2.24) is 9.80 Å². The fourth-order valence-corrected chi connectivity index (χ4v) is 3.14. The molecule has 2 rings (SSSR count). The van der Waals surface area contributed by atoms with Crippen LogP contribution < -0.4 is 0 Å². The molecule has 0 saturated carbocycles. The number of nitrogens with zero attached hydrogens (tertiary/aromatic N) is 2. The summed E-state index contributed by atoms with van der Waals surface area (Å²) in [5.41, 5.74) is 1.47. The van der Waals surface area contributed by atoms with Gasteiger partial charge >= 0.3 is 0 Å². The molecule has 20 heavy (non-hydrogen) atoms. The number of alkyl halides is 1. The van der Waals surface area contributed by atoms with Gasteiger partial charge in [-0.25, -0.2) is 0 Å². The van der Waals surface area contributed by atoms with E-state index in [2.05, 4.69) is 40.1 Å². The molecule has 0 unspecified atom stereocenters. The number of unbranched alkanes of at least 4 members (excludes halogenated alkanes) is 1. The van der Waals surface area contributed by atoms with Crippen LogP contribution in [-0.2, 0) is 6.42 Å². The van der Waals surface area contributed by atoms with Crippen molar-refractivity contribution in [2.75, 3.05) is 45.1 Å². The summed E-state index contributed by atoms with van der Waals surface area (Å²) in [4.78, 5) is 5.12. The standard InChI is InChI=1S/C17H27ClN2/c18-10-14-20-13-6-12-19(15-16-20)11-5-4-9-17-7-2-1-3-8-17/h1-3,7-8H,4-6,9-16H2. The molecule has 1 aromatic carbocycles. The molecule has 0 amide bonds. The highest BCUT2D eigenvalue weighted by molar-refractivity contribution is 6.18. The molecule has 1 heterocycles. The lowest BCUT2D eigenvalue weighted by Gasteiger charge is -2.21. The van der Waals surface area contributed by atoms with Crippen LogP contribution in [0.1, 0.15) is 24.8 Å². The molecular weight excluding hydrogens is 268 g/mol. The zero-order valence-electron chi connectivity index (χ0n) is 12.4. The van der Waals surface area contributed by atoms with Gasteiger partial charge in [-0.2, -0.15) is 0 Å². The second-order valence-corrected chi connectivity index (χ2v) is 6.05. The van der Waals surface area contributed by atoms with Gasteiger partial charge in [0.25, 0.3) is 0 Å². The fraction of sp³-hybridized carbons (Fsp3) is 0.647. The van der Waals surface area contributed by atoms with E-state index in [4.69, 9.17) is 11.6 Å². The number of rotatable bonds is 7. The second-order valence-electron chi connectivity index (χ2n) is 5.67. The average Bonchev–Trinajstić information content (AvgIpc) is 2.71. The summed E-state index contributed by atoms with van der Waals surface area (Å²) < 4.78 is 0. The molecule has 112 valence electrons. The topological polar surface area (TPSA) is 6.48 Å². The van der Waals surface area contributed by atoms with Crippen LogP contribution in [0.3, 0.4) is 0 Å². The summed E-state index contributed by atoms with van der Waals surface area (Å²) >= 11 is 5.83. The molecule has 2 nitrogen and oxygen atoms in total. The number of hydrogen-bond acceptors (Lipinski definition) is 2. The van der Waals surface area contributed by atoms with Crippen LogP contribution in [0, 0.1) is 0 Å². The van der Waals surface area contributed by atoms with Gasteiger partial charge in [0, 0.05) is 25.5 Å². The first kappa shape index (κ1) is 15.8. The Balaban J connectivity index is 1.60. The SMILES string of the molecule is ClCCN1CCCN(CCCCc2ccccc2)CC1. The van der Waals surface area contributed by atoms with Crippen molar-refractivity contribution in [2.24, 2.45) is 0 Å². The van der Waals surface area contributed by atoms with Crippen molar-refractivity contribution in [3.63, 3.8) is 0 Å². The van der Waals surface area contributed by atoms with E-state index in [1.165, 1.54) is 64.0 Å². The van der Waals surface area contributed by atoms with Crippen LogP contribution in [0.25, 0.3) is 0 Å². The third kappa shape index (κ3) is 5.82. The zero-order valence-corrected chi connectivity index (χ0v) is 13.2. The zero-order chi connectivity index (χ0) is 14.0. The lowest BCUT2D eigenvalue weighted by molar-refractivity contribution is 0.260. The predicted octanol–water partition coefficient (Wildman–Crippen LogP) is 3.26. The Bertz CT molecular complexity index is 355. The average molecular weight is 295 g/mol. The molecule has 0 N–H and O–H groups in total. The maximum Gasteiger partial charge on any atom is 0.0351 e. The van der Waals surface area contributed by atoms with Crippen LogP contribution in [0.4, 0.5) is 0 Å². The summed E-state index contributed by atoms with van der Waals surface area (Å²) in [7, 11) is 0. The Morgan fingerprint density at radius 3 is 2.25 bits per heavy atom. The Morgan fingerprint density at radius 1 is 0.850 bits per heavy atom. The van der Waals surface area contributed by atoms with Gasteiger partial charge in [-0.05, 0) is 50.9 Å². The molecule has 1 saturated heterocycles. The largest absolute Gasteiger partial charge is 0.302 e. The summed E-state index contributed by atoms with van der Waals surface area (Å²) in [5.74, 6) is 0.761. The van der Waals surface area contributed by atoms with Crippen molar-refractivity contribution in [1.29, 1.82) is 0 Å². The van der Waals surface area contributed by atoms with Gasteiger partial charge in [0.1, 0.15) is 0 Å². The van der Waals surface area contributed by atoms with E-state index in [-0.39, 0.29) is 0 Å². The highest BCUT2D eigenvalue weighted by Crippen LogP contribution is 2.08. The lowest BCUT2D eigenvalue weighted by atomic mass is 10.1. The Kier molecular flexibility index (Phi) is 7.42. The summed E-state index contributed by atoms with van der Waals surface area (Å²) in [5, 5.41) is 0. The van der Waals surface area contributed by atoms with Crippen molar-refractivity contribution in [3.05, 3.63) is 35.9 Å². The molecule has 0 aromatic heterocycles. The highest BCUT2D eigenvalue weighted by Gasteiger charge is 2.13. The fourth-order valence-electron chi connectivity index (χ4n) is 2.90. The van der Waals surface area contributed by atoms with Crippen LogP contribution in [0.15, 0.2) is 30.3 Å². The van der Waals surface area contributed by atoms with Gasteiger partial charge < -0.3 is 9.80 Å². The monoisotopic (exact) mass is 294 g/mol. The molecule has 0 aliphatic carbocycles. The summed E-state index contributed by atoms with van der Waals surface area (Å²) in [6.45, 7) is 7.16. The van der Waals surface area contributed by atoms with Crippen molar-refractivity contribution < 1.29 is 0 Å². The molecule has 1 aromatic rings. The minimum atomic E-state index is 0.761. The van der Waals surface area contributed by atoms with Gasteiger partial charge in [0.05, 0.1) is 0 Å². The molecule has 1 aliphatic heterocycles. The highest BCUT2D eigenvalue weighted by atomic mass is 35.5. The van der Waals surface area contributed by atoms with Crippen LogP contribution >= 0.6 is 11.6 Å². The first-order valence-electron chi connectivity index (χ1n) is 7.93. The van der Waals surface area contributed by atoms with E-state index < -0.39 is 0 Å². The van der Waals surface area contributed by atoms with Gasteiger partial charge in [-0.1, -0.05) is 30.3 Å². The second kappa shape index (κ2) is 9.38. The summed E-state index contributed by atoms with van der Waals surface area (Å²) in [6.07, 6.45) is 5.11. The molecule has 0 spiro atoms. The van der Waals surface area contributed by atoms with Crippen molar-refractivity contribution in [2.45, 2.75) is 25.7 Å². The van der Waals surface area contributed by atoms with E-state index in [9.17, 15) is 0 Å². The quantitative estimate of drug-likeness (QED) is 0.563. The van der Waals surface area contributed by atoms with Crippen LogP contribution in [0.5, 0.6) is 0 Å². The lowest BCUT2D eigenvalue weighted by Crippen LogP contribution is -2.32. The number of hydrogen-bond donors (Lipinski definition) is 0. The van der Waals surface area contributed by atoms with E-state index >= 15 is 0 Å². The first-order chi connectivity index (χ1) is 9.88. The number of benzene rings is 1. The van der Waals surface area contributed by atoms with E-state index in [0.29, 0.717) is 0 Å². The van der Waals surface area contributed by atoms with Gasteiger partial charge in [0.15, 0.2) is 0 Å². The molecule has 0 radical (unpaired) electrons. The number of halogens is 1. The Morgan fingerprint density at radius 2 is 1.55 bits per heavy atom. The number of aryl methyl sites for hydroxylation is 1. The molecule has 1 fully saturated rings. The predicted molar refractivity (Wildman–Crippen MR) is 87.6 cm³/mol. The maximum atomic E-state index is 5.83. The van der Waals surface area contributed by atoms with Gasteiger partial charge in [-0.3, -0.25) is 0 Å². The molecular formula is C17H27ClN2. The first-order valence-corrected chi connectivity index (χ1v) is 8.46. The van der Waals surface area contributed by atoms with Crippen LogP contribution in [-0.4, -0.2) is 54.9 Å². The van der Waals surface area contributed by atoms with Gasteiger partial charge in [-0.15, -0.1) is 11.6 Å². The third-order valence-electron chi connectivity index (χ3n) is 4.11. The maximum absolute atomic E-state index is 5.83. The van der Waals surface area contributed by atoms with Gasteiger partial charge in [0.2, 0.25) is 0 Å². The smallest absolute Gasteiger partial charge is 0.0351 e. The minimum Gasteiger partial charge on any atom is -0.302 e. The molecule has 3 heteroatoms. The van der Waals surface area contributed by atoms with E-state index in [0.717, 1.165) is 12.4 Å². The molecule has 1 aliphatic rings. The third-order valence-corrected chi connectivity index (χ3v) is 4.28. The Hall–Kier alpha value is -0.570. The normalized spacial score (nSPS) is 18.1. The van der Waals surface area contributed by atoms with Crippen molar-refractivity contribution in [3.8, 4) is 0 Å². The van der Waals surface area contributed by atoms with Crippen molar-refractivity contribution >= 4 is 11.6 Å². The molecule has 0 bridgehead atoms. The molecule has 0 atom stereocenters. The summed E-state index contributed by atoms with van der Waals surface area (Å²) in [6, 6.07) is 10.8. The van der Waals surface area contributed by atoms with E-state index in [1.54, 1.807) is 0 Å². The minimum absolute atomic E-state index is 0.761. The Labute approximate surface area is 128 Å². The van der Waals surface area contributed by atoms with Crippen LogP contribution in [0.2, 0.25) is 0 Å². The van der Waals surface area contributed by atoms with E-state index in [1.807, 2.05) is 0 Å².